The third kappa shape index (κ3) is 2.33. The molecule has 0 amide bonds. The van der Waals surface area contributed by atoms with Crippen molar-refractivity contribution in [3.05, 3.63) is 22.2 Å². The first-order chi connectivity index (χ1) is 6.19. The van der Waals surface area contributed by atoms with E-state index in [9.17, 15) is 5.11 Å². The summed E-state index contributed by atoms with van der Waals surface area (Å²) in [4.78, 5) is 4.43. The average Bonchev–Trinajstić information content (AvgIpc) is 2.13. The van der Waals surface area contributed by atoms with Gasteiger partial charge in [-0.05, 0) is 28.1 Å². The molecule has 0 aliphatic rings. The quantitative estimate of drug-likeness (QED) is 0.796. The van der Waals surface area contributed by atoms with Crippen LogP contribution in [0.25, 0.3) is 0 Å². The molecule has 1 rings (SSSR count). The van der Waals surface area contributed by atoms with Gasteiger partial charge in [0.1, 0.15) is 11.5 Å². The molecule has 0 spiro atoms. The van der Waals surface area contributed by atoms with Gasteiger partial charge in [0.2, 0.25) is 0 Å². The van der Waals surface area contributed by atoms with Crippen molar-refractivity contribution in [2.45, 2.75) is 6.61 Å². The molecule has 1 aromatic carbocycles. The van der Waals surface area contributed by atoms with Crippen molar-refractivity contribution >= 4 is 15.9 Å². The number of hydrogen-bond acceptors (Lipinski definition) is 4. The standard InChI is InChI=1S/C8H10BrNO3/c1-12-6-2-5(4-13-10)8(11)7(9)3-6/h2-3,11H,4,10H2,1H3. The number of phenols is 1. The van der Waals surface area contributed by atoms with Crippen LogP contribution < -0.4 is 10.6 Å². The minimum atomic E-state index is 0.117. The second-order valence-electron chi connectivity index (χ2n) is 2.43. The number of benzene rings is 1. The summed E-state index contributed by atoms with van der Waals surface area (Å²) >= 11 is 3.18. The summed E-state index contributed by atoms with van der Waals surface area (Å²) in [6.45, 7) is 0.141. The number of phenolic OH excluding ortho intramolecular Hbond substituents is 1. The predicted molar refractivity (Wildman–Crippen MR) is 51.3 cm³/mol. The van der Waals surface area contributed by atoms with Crippen LogP contribution in [-0.4, -0.2) is 12.2 Å². The lowest BCUT2D eigenvalue weighted by Crippen LogP contribution is -1.99. The summed E-state index contributed by atoms with van der Waals surface area (Å²) in [6, 6.07) is 3.32. The number of methoxy groups -OCH3 is 1. The first-order valence-corrected chi connectivity index (χ1v) is 4.35. The second-order valence-corrected chi connectivity index (χ2v) is 3.28. The van der Waals surface area contributed by atoms with Gasteiger partial charge in [-0.2, -0.15) is 0 Å². The first-order valence-electron chi connectivity index (χ1n) is 3.56. The minimum absolute atomic E-state index is 0.117. The molecule has 0 unspecified atom stereocenters. The van der Waals surface area contributed by atoms with Crippen LogP contribution in [0.5, 0.6) is 11.5 Å². The van der Waals surface area contributed by atoms with E-state index in [1.807, 2.05) is 0 Å². The molecule has 0 radical (unpaired) electrons. The van der Waals surface area contributed by atoms with Gasteiger partial charge in [0.25, 0.3) is 0 Å². The zero-order valence-corrected chi connectivity index (χ0v) is 8.67. The largest absolute Gasteiger partial charge is 0.506 e. The SMILES string of the molecule is COc1cc(Br)c(O)c(CON)c1. The lowest BCUT2D eigenvalue weighted by Gasteiger charge is -2.07. The van der Waals surface area contributed by atoms with Crippen molar-refractivity contribution in [3.8, 4) is 11.5 Å². The molecular formula is C8H10BrNO3. The van der Waals surface area contributed by atoms with Crippen LogP contribution in [0.2, 0.25) is 0 Å². The highest BCUT2D eigenvalue weighted by Gasteiger charge is 2.08. The Labute approximate surface area is 84.3 Å². The highest BCUT2D eigenvalue weighted by molar-refractivity contribution is 9.10. The Morgan fingerprint density at radius 3 is 2.77 bits per heavy atom. The van der Waals surface area contributed by atoms with Gasteiger partial charge in [0.15, 0.2) is 0 Å². The lowest BCUT2D eigenvalue weighted by molar-refractivity contribution is 0.122. The molecule has 0 aliphatic heterocycles. The lowest BCUT2D eigenvalue weighted by atomic mass is 10.2. The van der Waals surface area contributed by atoms with Gasteiger partial charge in [0, 0.05) is 5.56 Å². The molecule has 0 fully saturated rings. The van der Waals surface area contributed by atoms with Crippen molar-refractivity contribution in [2.24, 2.45) is 5.90 Å². The highest BCUT2D eigenvalue weighted by Crippen LogP contribution is 2.32. The molecule has 5 heteroatoms. The fourth-order valence-corrected chi connectivity index (χ4v) is 1.43. The van der Waals surface area contributed by atoms with Crippen molar-refractivity contribution < 1.29 is 14.7 Å². The number of aromatic hydroxyl groups is 1. The summed E-state index contributed by atoms with van der Waals surface area (Å²) in [5, 5.41) is 9.51. The smallest absolute Gasteiger partial charge is 0.135 e. The van der Waals surface area contributed by atoms with Gasteiger partial charge in [-0.1, -0.05) is 0 Å². The van der Waals surface area contributed by atoms with E-state index in [2.05, 4.69) is 20.8 Å². The summed E-state index contributed by atoms with van der Waals surface area (Å²) in [5.41, 5.74) is 0.578. The van der Waals surface area contributed by atoms with Crippen molar-refractivity contribution in [3.63, 3.8) is 0 Å². The fourth-order valence-electron chi connectivity index (χ4n) is 0.946. The Morgan fingerprint density at radius 1 is 1.54 bits per heavy atom. The number of ether oxygens (including phenoxy) is 1. The van der Waals surface area contributed by atoms with E-state index < -0.39 is 0 Å². The second kappa shape index (κ2) is 4.45. The van der Waals surface area contributed by atoms with Crippen molar-refractivity contribution in [1.29, 1.82) is 0 Å². The maximum Gasteiger partial charge on any atom is 0.135 e. The molecule has 1 aromatic rings. The van der Waals surface area contributed by atoms with E-state index >= 15 is 0 Å². The summed E-state index contributed by atoms with van der Waals surface area (Å²) in [6.07, 6.45) is 0. The fraction of sp³-hybridized carbons (Fsp3) is 0.250. The maximum absolute atomic E-state index is 9.51. The molecular weight excluding hydrogens is 238 g/mol. The van der Waals surface area contributed by atoms with E-state index in [1.54, 1.807) is 19.2 Å². The van der Waals surface area contributed by atoms with Crippen molar-refractivity contribution in [2.75, 3.05) is 7.11 Å². The molecule has 0 aliphatic carbocycles. The van der Waals surface area contributed by atoms with E-state index in [-0.39, 0.29) is 12.4 Å². The Morgan fingerprint density at radius 2 is 2.23 bits per heavy atom. The Kier molecular flexibility index (Phi) is 3.53. The van der Waals surface area contributed by atoms with Gasteiger partial charge >= 0.3 is 0 Å². The number of hydrogen-bond donors (Lipinski definition) is 2. The summed E-state index contributed by atoms with van der Waals surface area (Å²) in [5.74, 6) is 5.66. The van der Waals surface area contributed by atoms with Crippen LogP contribution >= 0.6 is 15.9 Å². The summed E-state index contributed by atoms with van der Waals surface area (Å²) < 4.78 is 5.55. The van der Waals surface area contributed by atoms with Crippen LogP contribution in [-0.2, 0) is 11.4 Å². The number of halogens is 1. The van der Waals surface area contributed by atoms with Gasteiger partial charge in [-0.3, -0.25) is 4.84 Å². The predicted octanol–water partition coefficient (Wildman–Crippen LogP) is 1.55. The zero-order valence-electron chi connectivity index (χ0n) is 7.08. The van der Waals surface area contributed by atoms with E-state index in [0.29, 0.717) is 15.8 Å². The van der Waals surface area contributed by atoms with Gasteiger partial charge < -0.3 is 9.84 Å². The van der Waals surface area contributed by atoms with Crippen LogP contribution in [0.1, 0.15) is 5.56 Å². The molecule has 0 aromatic heterocycles. The molecule has 3 N–H and O–H groups in total. The Balaban J connectivity index is 3.09. The highest BCUT2D eigenvalue weighted by atomic mass is 79.9. The molecule has 13 heavy (non-hydrogen) atoms. The van der Waals surface area contributed by atoms with Crippen LogP contribution in [0.3, 0.4) is 0 Å². The topological polar surface area (TPSA) is 64.7 Å². The van der Waals surface area contributed by atoms with Crippen molar-refractivity contribution in [1.82, 2.24) is 0 Å². The van der Waals surface area contributed by atoms with Crippen LogP contribution in [0.4, 0.5) is 0 Å². The van der Waals surface area contributed by atoms with Gasteiger partial charge in [0.05, 0.1) is 18.2 Å². The van der Waals surface area contributed by atoms with Gasteiger partial charge in [-0.15, -0.1) is 0 Å². The molecule has 0 heterocycles. The zero-order chi connectivity index (χ0) is 9.84. The monoisotopic (exact) mass is 247 g/mol. The molecule has 0 bridgehead atoms. The molecule has 0 saturated carbocycles. The molecule has 4 nitrogen and oxygen atoms in total. The van der Waals surface area contributed by atoms with E-state index in [1.165, 1.54) is 0 Å². The third-order valence-electron chi connectivity index (χ3n) is 1.59. The molecule has 72 valence electrons. The van der Waals surface area contributed by atoms with Crippen LogP contribution in [0, 0.1) is 0 Å². The average molecular weight is 248 g/mol. The maximum atomic E-state index is 9.51. The van der Waals surface area contributed by atoms with Gasteiger partial charge in [-0.25, -0.2) is 5.90 Å². The normalized spacial score (nSPS) is 10.1. The number of nitrogens with two attached hydrogens (primary N) is 1. The minimum Gasteiger partial charge on any atom is -0.506 e. The number of rotatable bonds is 3. The van der Waals surface area contributed by atoms with Crippen LogP contribution in [0.15, 0.2) is 16.6 Å². The third-order valence-corrected chi connectivity index (χ3v) is 2.19. The van der Waals surface area contributed by atoms with E-state index in [0.717, 1.165) is 0 Å². The first kappa shape index (κ1) is 10.3. The summed E-state index contributed by atoms with van der Waals surface area (Å²) in [7, 11) is 1.55. The Bertz CT molecular complexity index is 304. The Hall–Kier alpha value is -0.780. The molecule has 0 atom stereocenters. The molecule has 0 saturated heterocycles. The van der Waals surface area contributed by atoms with E-state index in [4.69, 9.17) is 10.6 Å².